The van der Waals surface area contributed by atoms with Crippen molar-refractivity contribution in [3.63, 3.8) is 0 Å². The van der Waals surface area contributed by atoms with Crippen molar-refractivity contribution in [1.29, 1.82) is 0 Å². The molecule has 1 atom stereocenters. The van der Waals surface area contributed by atoms with Crippen molar-refractivity contribution in [1.82, 2.24) is 0 Å². The fourth-order valence-corrected chi connectivity index (χ4v) is 3.47. The number of hydrogen-bond acceptors (Lipinski definition) is 5. The number of ketones is 1. The van der Waals surface area contributed by atoms with Gasteiger partial charge in [0.1, 0.15) is 13.2 Å². The molecule has 0 heterocycles. The van der Waals surface area contributed by atoms with E-state index >= 15 is 0 Å². The van der Waals surface area contributed by atoms with E-state index in [2.05, 4.69) is 19.7 Å². The molecule has 142 valence electrons. The van der Waals surface area contributed by atoms with Gasteiger partial charge in [-0.25, -0.2) is 0 Å². The van der Waals surface area contributed by atoms with Gasteiger partial charge in [-0.1, -0.05) is 62.2 Å². The van der Waals surface area contributed by atoms with Gasteiger partial charge in [-0.15, -0.1) is 0 Å². The van der Waals surface area contributed by atoms with Gasteiger partial charge in [0, 0.05) is 12.0 Å². The summed E-state index contributed by atoms with van der Waals surface area (Å²) in [7, 11) is 0. The van der Waals surface area contributed by atoms with Gasteiger partial charge in [0.05, 0.1) is 0 Å². The summed E-state index contributed by atoms with van der Waals surface area (Å²) < 4.78 is 10.4. The number of Topliss-reactive ketones (excluding diaryl/α,β-unsaturated/α-hetero) is 1. The van der Waals surface area contributed by atoms with Crippen LogP contribution in [-0.2, 0) is 19.1 Å². The summed E-state index contributed by atoms with van der Waals surface area (Å²) in [5.41, 5.74) is -0.740. The number of carbonyl (C=O) groups is 3. The molecule has 0 aliphatic heterocycles. The third kappa shape index (κ3) is 4.08. The highest BCUT2D eigenvalue weighted by atomic mass is 16.6. The molecular weight excluding hydrogens is 344 g/mol. The van der Waals surface area contributed by atoms with E-state index in [1.165, 1.54) is 12.2 Å². The summed E-state index contributed by atoms with van der Waals surface area (Å²) in [6, 6.07) is 8.77. The highest BCUT2D eigenvalue weighted by Crippen LogP contribution is 2.50. The summed E-state index contributed by atoms with van der Waals surface area (Å²) in [6.45, 7) is 10.9. The van der Waals surface area contributed by atoms with Crippen LogP contribution in [-0.4, -0.2) is 30.9 Å². The molecule has 1 unspecified atom stereocenters. The zero-order valence-electron chi connectivity index (χ0n) is 15.3. The number of carbonyl (C=O) groups excluding carboxylic acids is 3. The van der Waals surface area contributed by atoms with Gasteiger partial charge >= 0.3 is 11.9 Å². The van der Waals surface area contributed by atoms with Crippen LogP contribution in [0.5, 0.6) is 0 Å². The van der Waals surface area contributed by atoms with Gasteiger partial charge in [0.15, 0.2) is 11.2 Å². The van der Waals surface area contributed by atoms with Gasteiger partial charge in [-0.05, 0) is 24.3 Å². The van der Waals surface area contributed by atoms with Crippen LogP contribution in [0, 0.1) is 11.3 Å². The van der Waals surface area contributed by atoms with E-state index in [9.17, 15) is 14.4 Å². The highest BCUT2D eigenvalue weighted by Gasteiger charge is 2.60. The lowest BCUT2D eigenvalue weighted by Crippen LogP contribution is -2.46. The van der Waals surface area contributed by atoms with Crippen molar-refractivity contribution < 1.29 is 23.9 Å². The normalized spacial score (nSPS) is 17.8. The molecule has 1 saturated carbocycles. The lowest BCUT2D eigenvalue weighted by molar-refractivity contribution is -0.170. The maximum atomic E-state index is 12.9. The van der Waals surface area contributed by atoms with Crippen molar-refractivity contribution >= 4 is 17.7 Å². The highest BCUT2D eigenvalue weighted by molar-refractivity contribution is 6.06. The fourth-order valence-electron chi connectivity index (χ4n) is 3.47. The second-order valence-electron chi connectivity index (χ2n) is 6.41. The number of benzene rings is 1. The molecule has 0 N–H and O–H groups in total. The fraction of sp³-hybridized carbons (Fsp3) is 0.318. The van der Waals surface area contributed by atoms with E-state index in [1.807, 2.05) is 6.07 Å². The van der Waals surface area contributed by atoms with Crippen molar-refractivity contribution in [2.24, 2.45) is 11.3 Å². The first-order valence-electron chi connectivity index (χ1n) is 8.81. The van der Waals surface area contributed by atoms with Crippen LogP contribution in [0.4, 0.5) is 0 Å². The molecule has 1 aromatic rings. The van der Waals surface area contributed by atoms with Crippen molar-refractivity contribution in [3.05, 3.63) is 73.4 Å². The van der Waals surface area contributed by atoms with Gasteiger partial charge in [0.25, 0.3) is 0 Å². The topological polar surface area (TPSA) is 69.7 Å². The SMILES string of the molecule is C=CCOC(=O)C1(C(=O)OCC=C)C(=C)CCC1CC(=O)c1ccccc1. The van der Waals surface area contributed by atoms with Crippen LogP contribution >= 0.6 is 0 Å². The van der Waals surface area contributed by atoms with Gasteiger partial charge in [-0.3, -0.25) is 14.4 Å². The zero-order valence-corrected chi connectivity index (χ0v) is 15.3. The Bertz CT molecular complexity index is 723. The molecule has 27 heavy (non-hydrogen) atoms. The Hall–Kier alpha value is -2.95. The van der Waals surface area contributed by atoms with Gasteiger partial charge in [0.2, 0.25) is 0 Å². The van der Waals surface area contributed by atoms with Crippen LogP contribution in [0.15, 0.2) is 67.8 Å². The van der Waals surface area contributed by atoms with Crippen molar-refractivity contribution in [3.8, 4) is 0 Å². The molecule has 0 spiro atoms. The summed E-state index contributed by atoms with van der Waals surface area (Å²) in [4.78, 5) is 38.5. The largest absolute Gasteiger partial charge is 0.460 e. The Morgan fingerprint density at radius 1 is 1.04 bits per heavy atom. The summed E-state index contributed by atoms with van der Waals surface area (Å²) in [5, 5.41) is 0. The minimum Gasteiger partial charge on any atom is -0.460 e. The first-order valence-corrected chi connectivity index (χ1v) is 8.81. The molecule has 0 saturated heterocycles. The zero-order chi connectivity index (χ0) is 19.9. The molecule has 0 radical (unpaired) electrons. The molecule has 2 rings (SSSR count). The molecule has 0 bridgehead atoms. The summed E-state index contributed by atoms with van der Waals surface area (Å²) >= 11 is 0. The number of rotatable bonds is 9. The lowest BCUT2D eigenvalue weighted by atomic mass is 9.73. The quantitative estimate of drug-likeness (QED) is 0.288. The molecule has 1 aromatic carbocycles. The van der Waals surface area contributed by atoms with Crippen LogP contribution in [0.3, 0.4) is 0 Å². The average Bonchev–Trinajstić information content (AvgIpc) is 3.01. The molecule has 5 heteroatoms. The van der Waals surface area contributed by atoms with Crippen LogP contribution in [0.1, 0.15) is 29.6 Å². The number of hydrogen-bond donors (Lipinski definition) is 0. The van der Waals surface area contributed by atoms with Gasteiger partial charge in [-0.2, -0.15) is 0 Å². The third-order valence-corrected chi connectivity index (χ3v) is 4.80. The Morgan fingerprint density at radius 2 is 1.59 bits per heavy atom. The minimum atomic E-state index is -1.68. The molecule has 0 aromatic heterocycles. The molecule has 1 fully saturated rings. The monoisotopic (exact) mass is 368 g/mol. The third-order valence-electron chi connectivity index (χ3n) is 4.80. The number of ether oxygens (including phenoxy) is 2. The van der Waals surface area contributed by atoms with E-state index in [-0.39, 0.29) is 25.4 Å². The van der Waals surface area contributed by atoms with E-state index in [1.54, 1.807) is 24.3 Å². The first kappa shape index (κ1) is 20.4. The molecule has 1 aliphatic carbocycles. The maximum Gasteiger partial charge on any atom is 0.328 e. The van der Waals surface area contributed by atoms with Crippen LogP contribution in [0.2, 0.25) is 0 Å². The Morgan fingerprint density at radius 3 is 2.11 bits per heavy atom. The predicted octanol–water partition coefficient (Wildman–Crippen LogP) is 3.67. The Balaban J connectivity index is 2.37. The molecule has 1 aliphatic rings. The molecule has 5 nitrogen and oxygen atoms in total. The van der Waals surface area contributed by atoms with Gasteiger partial charge < -0.3 is 9.47 Å². The lowest BCUT2D eigenvalue weighted by Gasteiger charge is -2.31. The Labute approximate surface area is 159 Å². The molecular formula is C22H24O5. The standard InChI is InChI=1S/C22H24O5/c1-4-13-26-20(24)22(21(25)27-14-5-2)16(3)11-12-18(22)15-19(23)17-9-7-6-8-10-17/h4-10,18H,1-3,11-15H2. The van der Waals surface area contributed by atoms with E-state index in [0.717, 1.165) is 0 Å². The second kappa shape index (κ2) is 9.12. The second-order valence-corrected chi connectivity index (χ2v) is 6.41. The smallest absolute Gasteiger partial charge is 0.328 e. The Kier molecular flexibility index (Phi) is 6.88. The first-order chi connectivity index (χ1) is 13.0. The van der Waals surface area contributed by atoms with Crippen LogP contribution < -0.4 is 0 Å². The predicted molar refractivity (Wildman–Crippen MR) is 102 cm³/mol. The van der Waals surface area contributed by atoms with E-state index in [0.29, 0.717) is 24.0 Å². The summed E-state index contributed by atoms with van der Waals surface area (Å²) in [5.74, 6) is -2.21. The minimum absolute atomic E-state index is 0.0232. The van der Waals surface area contributed by atoms with E-state index < -0.39 is 23.3 Å². The average molecular weight is 368 g/mol. The van der Waals surface area contributed by atoms with Crippen molar-refractivity contribution in [2.75, 3.05) is 13.2 Å². The molecule has 0 amide bonds. The maximum absolute atomic E-state index is 12.9. The van der Waals surface area contributed by atoms with Crippen molar-refractivity contribution in [2.45, 2.75) is 19.3 Å². The van der Waals surface area contributed by atoms with E-state index in [4.69, 9.17) is 9.47 Å². The number of esters is 2. The summed E-state index contributed by atoms with van der Waals surface area (Å²) in [6.07, 6.45) is 3.78. The van der Waals surface area contributed by atoms with Crippen LogP contribution in [0.25, 0.3) is 0 Å².